The zero-order valence-corrected chi connectivity index (χ0v) is 12.3. The van der Waals surface area contributed by atoms with E-state index in [0.717, 1.165) is 23.7 Å². The van der Waals surface area contributed by atoms with Crippen LogP contribution < -0.4 is 11.1 Å². The molecule has 1 heterocycles. The lowest BCUT2D eigenvalue weighted by Crippen LogP contribution is -2.20. The predicted molar refractivity (Wildman–Crippen MR) is 82.4 cm³/mol. The molecule has 0 aliphatic carbocycles. The molecule has 0 amide bonds. The maximum Gasteiger partial charge on any atom is 0.109 e. The monoisotopic (exact) mass is 275 g/mol. The minimum Gasteiger partial charge on any atom is -0.399 e. The van der Waals surface area contributed by atoms with Gasteiger partial charge in [-0.25, -0.2) is 4.98 Å². The molecule has 0 bridgehead atoms. The van der Waals surface area contributed by atoms with E-state index in [1.165, 1.54) is 5.56 Å². The van der Waals surface area contributed by atoms with Crippen LogP contribution in [0.2, 0.25) is 0 Å². The summed E-state index contributed by atoms with van der Waals surface area (Å²) in [5.41, 5.74) is 7.87. The Balaban J connectivity index is 1.77. The predicted octanol–water partition coefficient (Wildman–Crippen LogP) is 3.57. The molecule has 3 N–H and O–H groups in total. The zero-order chi connectivity index (χ0) is 13.7. The molecule has 0 fully saturated rings. The van der Waals surface area contributed by atoms with Crippen LogP contribution in [0.3, 0.4) is 0 Å². The van der Waals surface area contributed by atoms with E-state index in [4.69, 9.17) is 5.73 Å². The third kappa shape index (κ3) is 4.04. The van der Waals surface area contributed by atoms with Crippen molar-refractivity contribution >= 4 is 17.0 Å². The maximum absolute atomic E-state index is 5.70. The van der Waals surface area contributed by atoms with Crippen molar-refractivity contribution in [2.45, 2.75) is 32.2 Å². The highest BCUT2D eigenvalue weighted by Gasteiger charge is 2.09. The Morgan fingerprint density at radius 2 is 2.00 bits per heavy atom. The first-order valence-corrected chi connectivity index (χ1v) is 7.53. The first-order valence-electron chi connectivity index (χ1n) is 6.65. The highest BCUT2D eigenvalue weighted by Crippen LogP contribution is 2.20. The second-order valence-corrected chi connectivity index (χ2v) is 5.83. The van der Waals surface area contributed by atoms with Crippen molar-refractivity contribution in [2.75, 3.05) is 12.3 Å². The van der Waals surface area contributed by atoms with Gasteiger partial charge in [-0.3, -0.25) is 0 Å². The second kappa shape index (κ2) is 6.68. The van der Waals surface area contributed by atoms with Crippen LogP contribution in [0.1, 0.15) is 42.8 Å². The van der Waals surface area contributed by atoms with E-state index in [-0.39, 0.29) is 0 Å². The van der Waals surface area contributed by atoms with Crippen LogP contribution in [-0.2, 0) is 0 Å². The molecule has 2 aromatic rings. The molecule has 2 rings (SSSR count). The van der Waals surface area contributed by atoms with Gasteiger partial charge in [0, 0.05) is 17.3 Å². The number of thiazole rings is 1. The first kappa shape index (κ1) is 14.0. The van der Waals surface area contributed by atoms with Gasteiger partial charge in [-0.15, -0.1) is 11.3 Å². The Kier molecular flexibility index (Phi) is 4.93. The molecule has 0 saturated carbocycles. The normalized spacial score (nSPS) is 14.2. The number of rotatable bonds is 6. The Labute approximate surface area is 118 Å². The number of benzene rings is 1. The summed E-state index contributed by atoms with van der Waals surface area (Å²) < 4.78 is 0. The molecule has 2 unspecified atom stereocenters. The fraction of sp³-hybridized carbons (Fsp3) is 0.400. The Hall–Kier alpha value is -1.39. The molecule has 3 nitrogen and oxygen atoms in total. The quantitative estimate of drug-likeness (QED) is 0.792. The van der Waals surface area contributed by atoms with Gasteiger partial charge >= 0.3 is 0 Å². The minimum absolute atomic E-state index is 0.332. The average molecular weight is 275 g/mol. The van der Waals surface area contributed by atoms with Gasteiger partial charge < -0.3 is 11.1 Å². The number of anilines is 1. The molecular formula is C15H21N3S. The molecule has 1 aromatic heterocycles. The van der Waals surface area contributed by atoms with E-state index in [1.807, 2.05) is 23.7 Å². The molecule has 19 heavy (non-hydrogen) atoms. The van der Waals surface area contributed by atoms with Crippen LogP contribution in [0, 0.1) is 0 Å². The largest absolute Gasteiger partial charge is 0.399 e. The van der Waals surface area contributed by atoms with Crippen LogP contribution in [0.15, 0.2) is 35.8 Å². The van der Waals surface area contributed by atoms with Crippen LogP contribution >= 0.6 is 11.3 Å². The summed E-state index contributed by atoms with van der Waals surface area (Å²) in [7, 11) is 0. The van der Waals surface area contributed by atoms with Gasteiger partial charge in [-0.1, -0.05) is 19.1 Å². The van der Waals surface area contributed by atoms with Gasteiger partial charge in [0.1, 0.15) is 5.01 Å². The summed E-state index contributed by atoms with van der Waals surface area (Å²) in [6, 6.07) is 8.50. The van der Waals surface area contributed by atoms with Gasteiger partial charge in [0.15, 0.2) is 0 Å². The molecule has 0 radical (unpaired) electrons. The Morgan fingerprint density at radius 3 is 2.63 bits per heavy atom. The lowest BCUT2D eigenvalue weighted by Gasteiger charge is -2.15. The number of aromatic nitrogens is 1. The first-order chi connectivity index (χ1) is 9.16. The van der Waals surface area contributed by atoms with Crippen LogP contribution in [0.25, 0.3) is 0 Å². The van der Waals surface area contributed by atoms with Crippen LogP contribution in [0.5, 0.6) is 0 Å². The summed E-state index contributed by atoms with van der Waals surface area (Å²) >= 11 is 1.70. The maximum atomic E-state index is 5.70. The lowest BCUT2D eigenvalue weighted by molar-refractivity contribution is 0.529. The van der Waals surface area contributed by atoms with E-state index >= 15 is 0 Å². The fourth-order valence-electron chi connectivity index (χ4n) is 2.04. The van der Waals surface area contributed by atoms with Crippen molar-refractivity contribution in [3.63, 3.8) is 0 Å². The van der Waals surface area contributed by atoms with Gasteiger partial charge in [-0.2, -0.15) is 0 Å². The van der Waals surface area contributed by atoms with Crippen LogP contribution in [0.4, 0.5) is 5.69 Å². The number of hydrogen-bond donors (Lipinski definition) is 2. The fourth-order valence-corrected chi connectivity index (χ4v) is 2.71. The third-order valence-corrected chi connectivity index (χ3v) is 4.31. The highest BCUT2D eigenvalue weighted by molar-refractivity contribution is 7.09. The average Bonchev–Trinajstić information content (AvgIpc) is 2.93. The molecule has 102 valence electrons. The van der Waals surface area contributed by atoms with Crippen LogP contribution in [-0.4, -0.2) is 11.5 Å². The summed E-state index contributed by atoms with van der Waals surface area (Å²) in [4.78, 5) is 4.32. The van der Waals surface area contributed by atoms with Crippen molar-refractivity contribution in [2.24, 2.45) is 0 Å². The standard InChI is InChI=1S/C15H21N3S/c1-11(13-3-5-14(16)6-4-13)7-8-17-12(2)15-18-9-10-19-15/h3-6,9-12,17H,7-8,16H2,1-2H3. The summed E-state index contributed by atoms with van der Waals surface area (Å²) in [6.45, 7) is 5.40. The molecule has 0 aliphatic heterocycles. The van der Waals surface area contributed by atoms with Crippen molar-refractivity contribution in [1.82, 2.24) is 10.3 Å². The van der Waals surface area contributed by atoms with Crippen molar-refractivity contribution in [1.29, 1.82) is 0 Å². The number of nitrogens with zero attached hydrogens (tertiary/aromatic N) is 1. The Bertz CT molecular complexity index is 479. The number of nitrogens with one attached hydrogen (secondary N) is 1. The van der Waals surface area contributed by atoms with Gasteiger partial charge in [-0.05, 0) is 43.5 Å². The molecule has 0 spiro atoms. The topological polar surface area (TPSA) is 50.9 Å². The molecule has 0 saturated heterocycles. The molecule has 1 aromatic carbocycles. The molecular weight excluding hydrogens is 254 g/mol. The third-order valence-electron chi connectivity index (χ3n) is 3.36. The number of nitrogens with two attached hydrogens (primary N) is 1. The van der Waals surface area contributed by atoms with E-state index < -0.39 is 0 Å². The number of nitrogen functional groups attached to an aromatic ring is 1. The van der Waals surface area contributed by atoms with E-state index in [9.17, 15) is 0 Å². The van der Waals surface area contributed by atoms with Crippen molar-refractivity contribution < 1.29 is 0 Å². The summed E-state index contributed by atoms with van der Waals surface area (Å²) in [5.74, 6) is 0.539. The molecule has 2 atom stereocenters. The van der Waals surface area contributed by atoms with Gasteiger partial charge in [0.2, 0.25) is 0 Å². The zero-order valence-electron chi connectivity index (χ0n) is 11.5. The van der Waals surface area contributed by atoms with Gasteiger partial charge in [0.25, 0.3) is 0 Å². The second-order valence-electron chi connectivity index (χ2n) is 4.90. The number of hydrogen-bond acceptors (Lipinski definition) is 4. The minimum atomic E-state index is 0.332. The highest BCUT2D eigenvalue weighted by atomic mass is 32.1. The molecule has 4 heteroatoms. The molecule has 0 aliphatic rings. The summed E-state index contributed by atoms with van der Waals surface area (Å²) in [6.07, 6.45) is 2.97. The van der Waals surface area contributed by atoms with Gasteiger partial charge in [0.05, 0.1) is 6.04 Å². The lowest BCUT2D eigenvalue weighted by atomic mass is 9.97. The van der Waals surface area contributed by atoms with Crippen molar-refractivity contribution in [3.05, 3.63) is 46.4 Å². The summed E-state index contributed by atoms with van der Waals surface area (Å²) in [5, 5.41) is 6.69. The van der Waals surface area contributed by atoms with Crippen molar-refractivity contribution in [3.8, 4) is 0 Å². The van der Waals surface area contributed by atoms with E-state index in [0.29, 0.717) is 12.0 Å². The Morgan fingerprint density at radius 1 is 1.26 bits per heavy atom. The van der Waals surface area contributed by atoms with E-state index in [2.05, 4.69) is 36.3 Å². The smallest absolute Gasteiger partial charge is 0.109 e. The SMILES string of the molecule is CC(CCNC(C)c1nccs1)c1ccc(N)cc1. The van der Waals surface area contributed by atoms with E-state index in [1.54, 1.807) is 11.3 Å².